The maximum Gasteiger partial charge on any atom is 0.259 e. The summed E-state index contributed by atoms with van der Waals surface area (Å²) >= 11 is 14.6. The molecule has 4 nitrogen and oxygen atoms in total. The molecule has 0 aliphatic heterocycles. The molecule has 1 amide bonds. The molecular weight excluding hydrogens is 360 g/mol. The Morgan fingerprint density at radius 3 is 2.74 bits per heavy atom. The normalized spacial score (nSPS) is 10.3. The number of anilines is 1. The Morgan fingerprint density at radius 1 is 1.26 bits per heavy atom. The van der Waals surface area contributed by atoms with Crippen molar-refractivity contribution in [3.63, 3.8) is 0 Å². The number of benzene rings is 1. The van der Waals surface area contributed by atoms with Crippen molar-refractivity contribution in [3.05, 3.63) is 50.4 Å². The molecule has 1 N–H and O–H groups in total. The number of nitrogens with one attached hydrogen (secondary N) is 1. The van der Waals surface area contributed by atoms with E-state index < -0.39 is 11.7 Å². The third-order valence-corrected chi connectivity index (χ3v) is 3.30. The first kappa shape index (κ1) is 14.2. The molecular formula is C11H5BrCl2FN3O. The zero-order valence-electron chi connectivity index (χ0n) is 9.12. The molecule has 8 heteroatoms. The van der Waals surface area contributed by atoms with E-state index in [9.17, 15) is 9.18 Å². The van der Waals surface area contributed by atoms with Crippen LogP contribution in [0.15, 0.2) is 28.7 Å². The Morgan fingerprint density at radius 2 is 2.00 bits per heavy atom. The minimum absolute atomic E-state index is 0.0351. The van der Waals surface area contributed by atoms with Crippen molar-refractivity contribution in [1.82, 2.24) is 10.2 Å². The highest BCUT2D eigenvalue weighted by Crippen LogP contribution is 2.24. The highest BCUT2D eigenvalue weighted by atomic mass is 79.9. The van der Waals surface area contributed by atoms with Gasteiger partial charge in [0.25, 0.3) is 5.91 Å². The fourth-order valence-corrected chi connectivity index (χ4v) is 1.97. The van der Waals surface area contributed by atoms with Crippen LogP contribution in [0.5, 0.6) is 0 Å². The van der Waals surface area contributed by atoms with Crippen LogP contribution in [-0.2, 0) is 0 Å². The molecule has 98 valence electrons. The van der Waals surface area contributed by atoms with E-state index in [-0.39, 0.29) is 21.6 Å². The zero-order valence-corrected chi connectivity index (χ0v) is 12.2. The van der Waals surface area contributed by atoms with Gasteiger partial charge in [-0.3, -0.25) is 4.79 Å². The summed E-state index contributed by atoms with van der Waals surface area (Å²) in [5, 5.41) is 9.46. The second kappa shape index (κ2) is 5.81. The third kappa shape index (κ3) is 3.40. The number of aromatic nitrogens is 2. The van der Waals surface area contributed by atoms with Crippen LogP contribution in [0.3, 0.4) is 0 Å². The van der Waals surface area contributed by atoms with E-state index in [1.165, 1.54) is 24.3 Å². The largest absolute Gasteiger partial charge is 0.321 e. The predicted molar refractivity (Wildman–Crippen MR) is 74.1 cm³/mol. The molecule has 1 aromatic carbocycles. The molecule has 2 aromatic rings. The van der Waals surface area contributed by atoms with E-state index in [1.54, 1.807) is 0 Å². The van der Waals surface area contributed by atoms with Crippen LogP contribution >= 0.6 is 39.1 Å². The number of rotatable bonds is 2. The van der Waals surface area contributed by atoms with Crippen LogP contribution in [0.2, 0.25) is 10.3 Å². The van der Waals surface area contributed by atoms with Crippen LogP contribution in [0.4, 0.5) is 10.1 Å². The molecule has 0 unspecified atom stereocenters. The average molecular weight is 365 g/mol. The molecule has 0 spiro atoms. The van der Waals surface area contributed by atoms with Gasteiger partial charge in [-0.15, -0.1) is 10.2 Å². The number of nitrogens with zero attached hydrogens (tertiary/aromatic N) is 2. The second-order valence-corrected chi connectivity index (χ2v) is 5.05. The van der Waals surface area contributed by atoms with Gasteiger partial charge in [0.15, 0.2) is 10.3 Å². The van der Waals surface area contributed by atoms with Crippen LogP contribution < -0.4 is 5.32 Å². The van der Waals surface area contributed by atoms with Gasteiger partial charge in [-0.2, -0.15) is 0 Å². The van der Waals surface area contributed by atoms with Gasteiger partial charge in [0.1, 0.15) is 5.82 Å². The molecule has 0 saturated carbocycles. The van der Waals surface area contributed by atoms with Gasteiger partial charge in [-0.1, -0.05) is 23.2 Å². The first-order chi connectivity index (χ1) is 8.97. The molecule has 1 aromatic heterocycles. The Bertz CT molecular complexity index is 654. The lowest BCUT2D eigenvalue weighted by Crippen LogP contribution is -2.14. The standard InChI is InChI=1S/C11H5BrCl2FN3O/c12-7-2-1-5(15)3-8(7)16-11(19)6-4-9(13)17-18-10(6)14/h1-4H,(H,16,19). The van der Waals surface area contributed by atoms with Gasteiger partial charge < -0.3 is 5.32 Å². The van der Waals surface area contributed by atoms with Crippen LogP contribution in [-0.4, -0.2) is 16.1 Å². The van der Waals surface area contributed by atoms with Crippen molar-refractivity contribution in [2.75, 3.05) is 5.32 Å². The van der Waals surface area contributed by atoms with Crippen molar-refractivity contribution in [1.29, 1.82) is 0 Å². The van der Waals surface area contributed by atoms with Gasteiger partial charge in [0, 0.05) is 4.47 Å². The number of hydrogen-bond acceptors (Lipinski definition) is 3. The maximum atomic E-state index is 13.1. The second-order valence-electron chi connectivity index (χ2n) is 3.45. The van der Waals surface area contributed by atoms with Gasteiger partial charge >= 0.3 is 0 Å². The van der Waals surface area contributed by atoms with Crippen LogP contribution in [0.25, 0.3) is 0 Å². The fraction of sp³-hybridized carbons (Fsp3) is 0. The van der Waals surface area contributed by atoms with Gasteiger partial charge in [-0.05, 0) is 40.2 Å². The zero-order chi connectivity index (χ0) is 14.0. The van der Waals surface area contributed by atoms with E-state index >= 15 is 0 Å². The minimum Gasteiger partial charge on any atom is -0.321 e. The van der Waals surface area contributed by atoms with E-state index in [4.69, 9.17) is 23.2 Å². The highest BCUT2D eigenvalue weighted by molar-refractivity contribution is 9.10. The van der Waals surface area contributed by atoms with E-state index in [2.05, 4.69) is 31.4 Å². The Kier molecular flexibility index (Phi) is 4.34. The Labute approximate surface area is 126 Å². The lowest BCUT2D eigenvalue weighted by Gasteiger charge is -2.08. The molecule has 0 radical (unpaired) electrons. The topological polar surface area (TPSA) is 54.9 Å². The van der Waals surface area contributed by atoms with Crippen molar-refractivity contribution < 1.29 is 9.18 Å². The summed E-state index contributed by atoms with van der Waals surface area (Å²) in [7, 11) is 0. The number of hydrogen-bond donors (Lipinski definition) is 1. The van der Waals surface area contributed by atoms with Gasteiger partial charge in [0.05, 0.1) is 11.3 Å². The molecule has 0 aliphatic rings. The average Bonchev–Trinajstić information content (AvgIpc) is 2.36. The first-order valence-corrected chi connectivity index (χ1v) is 6.47. The van der Waals surface area contributed by atoms with Crippen molar-refractivity contribution in [2.45, 2.75) is 0 Å². The van der Waals surface area contributed by atoms with E-state index in [1.807, 2.05) is 0 Å². The molecule has 0 fully saturated rings. The first-order valence-electron chi connectivity index (χ1n) is 4.92. The van der Waals surface area contributed by atoms with Gasteiger partial charge in [-0.25, -0.2) is 4.39 Å². The van der Waals surface area contributed by atoms with E-state index in [0.29, 0.717) is 4.47 Å². The van der Waals surface area contributed by atoms with Crippen molar-refractivity contribution in [3.8, 4) is 0 Å². The summed E-state index contributed by atoms with van der Waals surface area (Å²) in [6, 6.07) is 5.19. The SMILES string of the molecule is O=C(Nc1cc(F)ccc1Br)c1cc(Cl)nnc1Cl. The monoisotopic (exact) mass is 363 g/mol. The summed E-state index contributed by atoms with van der Waals surface area (Å²) in [5.74, 6) is -1.04. The van der Waals surface area contributed by atoms with Crippen molar-refractivity contribution >= 4 is 50.7 Å². The fourth-order valence-electron chi connectivity index (χ4n) is 1.30. The molecule has 0 aliphatic carbocycles. The summed E-state index contributed by atoms with van der Waals surface area (Å²) < 4.78 is 13.6. The molecule has 0 atom stereocenters. The van der Waals surface area contributed by atoms with Crippen molar-refractivity contribution in [2.24, 2.45) is 0 Å². The molecule has 19 heavy (non-hydrogen) atoms. The summed E-state index contributed by atoms with van der Waals surface area (Å²) in [5.41, 5.74) is 0.326. The Balaban J connectivity index is 2.30. The predicted octanol–water partition coefficient (Wildman–Crippen LogP) is 3.94. The smallest absolute Gasteiger partial charge is 0.259 e. The highest BCUT2D eigenvalue weighted by Gasteiger charge is 2.14. The number of carbonyl (C=O) groups is 1. The molecule has 1 heterocycles. The molecule has 2 rings (SSSR count). The van der Waals surface area contributed by atoms with E-state index in [0.717, 1.165) is 0 Å². The maximum absolute atomic E-state index is 13.1. The third-order valence-electron chi connectivity index (χ3n) is 2.14. The number of halogens is 4. The summed E-state index contributed by atoms with van der Waals surface area (Å²) in [6.45, 7) is 0. The summed E-state index contributed by atoms with van der Waals surface area (Å²) in [6.07, 6.45) is 0. The minimum atomic E-state index is -0.562. The lowest BCUT2D eigenvalue weighted by molar-refractivity contribution is 0.102. The van der Waals surface area contributed by atoms with Crippen LogP contribution in [0, 0.1) is 5.82 Å². The summed E-state index contributed by atoms with van der Waals surface area (Å²) in [4.78, 5) is 12.0. The van der Waals surface area contributed by atoms with Gasteiger partial charge in [0.2, 0.25) is 0 Å². The quantitative estimate of drug-likeness (QED) is 0.878. The number of amides is 1. The number of carbonyl (C=O) groups excluding carboxylic acids is 1. The molecule has 0 bridgehead atoms. The van der Waals surface area contributed by atoms with Crippen LogP contribution in [0.1, 0.15) is 10.4 Å². The Hall–Kier alpha value is -1.24. The molecule has 0 saturated heterocycles. The lowest BCUT2D eigenvalue weighted by atomic mass is 10.2.